The highest BCUT2D eigenvalue weighted by Crippen LogP contribution is 2.37. The van der Waals surface area contributed by atoms with Gasteiger partial charge in [-0.15, -0.1) is 0 Å². The maximum Gasteiger partial charge on any atom is 0.224 e. The van der Waals surface area contributed by atoms with Crippen molar-refractivity contribution >= 4 is 11.8 Å². The lowest BCUT2D eigenvalue weighted by molar-refractivity contribution is 0.0682. The standard InChI is InChI=1S/C15H27N5/c1-5-10-16-14-17-11-7-13(18-14)20(4)12-15(19(2)3)8-6-9-15/h7,11H,5-6,8-10,12H2,1-4H3,(H,16,17,18). The minimum atomic E-state index is 0.316. The Labute approximate surface area is 122 Å². The van der Waals surface area contributed by atoms with Crippen LogP contribution >= 0.6 is 0 Å². The average Bonchev–Trinajstić information content (AvgIpc) is 2.40. The third-order valence-electron chi connectivity index (χ3n) is 4.33. The predicted octanol–water partition coefficient (Wildman–Crippen LogP) is 2.22. The quantitative estimate of drug-likeness (QED) is 0.828. The molecule has 0 bridgehead atoms. The summed E-state index contributed by atoms with van der Waals surface area (Å²) >= 11 is 0. The molecule has 0 saturated heterocycles. The summed E-state index contributed by atoms with van der Waals surface area (Å²) in [6, 6.07) is 1.99. The van der Waals surface area contributed by atoms with E-state index in [2.05, 4.69) is 53.2 Å². The van der Waals surface area contributed by atoms with Crippen molar-refractivity contribution in [2.45, 2.75) is 38.1 Å². The molecule has 0 atom stereocenters. The molecule has 1 aliphatic carbocycles. The van der Waals surface area contributed by atoms with Crippen LogP contribution in [0, 0.1) is 0 Å². The number of anilines is 2. The van der Waals surface area contributed by atoms with Crippen LogP contribution in [0.1, 0.15) is 32.6 Å². The number of hydrogen-bond acceptors (Lipinski definition) is 5. The second-order valence-corrected chi connectivity index (χ2v) is 5.99. The molecular formula is C15H27N5. The number of nitrogens with one attached hydrogen (secondary N) is 1. The fourth-order valence-corrected chi connectivity index (χ4v) is 2.74. The molecule has 1 fully saturated rings. The lowest BCUT2D eigenvalue weighted by atomic mass is 9.75. The molecule has 1 N–H and O–H groups in total. The molecule has 5 heteroatoms. The molecule has 0 spiro atoms. The van der Waals surface area contributed by atoms with Crippen molar-refractivity contribution in [3.05, 3.63) is 12.3 Å². The van der Waals surface area contributed by atoms with Crippen molar-refractivity contribution in [2.24, 2.45) is 0 Å². The molecule has 20 heavy (non-hydrogen) atoms. The molecule has 0 aliphatic heterocycles. The first-order valence-electron chi connectivity index (χ1n) is 7.53. The van der Waals surface area contributed by atoms with E-state index in [9.17, 15) is 0 Å². The lowest BCUT2D eigenvalue weighted by Gasteiger charge is -2.49. The molecule has 5 nitrogen and oxygen atoms in total. The Balaban J connectivity index is 2.03. The topological polar surface area (TPSA) is 44.3 Å². The van der Waals surface area contributed by atoms with Gasteiger partial charge in [-0.3, -0.25) is 0 Å². The van der Waals surface area contributed by atoms with Crippen LogP contribution in [0.25, 0.3) is 0 Å². The van der Waals surface area contributed by atoms with E-state index in [0.29, 0.717) is 5.54 Å². The molecule has 1 saturated carbocycles. The van der Waals surface area contributed by atoms with Crippen LogP contribution in [-0.2, 0) is 0 Å². The number of aromatic nitrogens is 2. The van der Waals surface area contributed by atoms with Crippen LogP contribution in [-0.4, -0.2) is 54.6 Å². The molecule has 0 amide bonds. The van der Waals surface area contributed by atoms with Crippen LogP contribution in [0.5, 0.6) is 0 Å². The fraction of sp³-hybridized carbons (Fsp3) is 0.733. The van der Waals surface area contributed by atoms with Gasteiger partial charge in [0.15, 0.2) is 0 Å². The molecule has 1 heterocycles. The first-order chi connectivity index (χ1) is 9.57. The van der Waals surface area contributed by atoms with Gasteiger partial charge in [0.2, 0.25) is 5.95 Å². The van der Waals surface area contributed by atoms with Crippen LogP contribution in [0.15, 0.2) is 12.3 Å². The molecule has 2 rings (SSSR count). The molecule has 0 radical (unpaired) electrons. The van der Waals surface area contributed by atoms with E-state index in [-0.39, 0.29) is 0 Å². The minimum absolute atomic E-state index is 0.316. The van der Waals surface area contributed by atoms with Crippen molar-refractivity contribution in [2.75, 3.05) is 44.4 Å². The first kappa shape index (κ1) is 15.0. The van der Waals surface area contributed by atoms with Crippen molar-refractivity contribution in [3.63, 3.8) is 0 Å². The summed E-state index contributed by atoms with van der Waals surface area (Å²) in [5.74, 6) is 1.72. The van der Waals surface area contributed by atoms with Gasteiger partial charge in [-0.25, -0.2) is 4.98 Å². The molecule has 1 aromatic rings. The van der Waals surface area contributed by atoms with Gasteiger partial charge in [0, 0.05) is 31.9 Å². The second-order valence-electron chi connectivity index (χ2n) is 5.99. The third kappa shape index (κ3) is 3.20. The van der Waals surface area contributed by atoms with E-state index in [4.69, 9.17) is 0 Å². The zero-order valence-corrected chi connectivity index (χ0v) is 13.2. The Kier molecular flexibility index (Phi) is 4.81. The van der Waals surface area contributed by atoms with E-state index in [1.165, 1.54) is 19.3 Å². The Morgan fingerprint density at radius 2 is 2.05 bits per heavy atom. The van der Waals surface area contributed by atoms with Gasteiger partial charge in [0.1, 0.15) is 5.82 Å². The number of hydrogen-bond donors (Lipinski definition) is 1. The molecule has 1 aliphatic rings. The summed E-state index contributed by atoms with van der Waals surface area (Å²) in [4.78, 5) is 13.5. The lowest BCUT2D eigenvalue weighted by Crippen LogP contribution is -2.56. The highest BCUT2D eigenvalue weighted by Gasteiger charge is 2.40. The highest BCUT2D eigenvalue weighted by atomic mass is 15.3. The number of rotatable bonds is 7. The zero-order chi connectivity index (χ0) is 14.6. The summed E-state index contributed by atoms with van der Waals surface area (Å²) in [5.41, 5.74) is 0.316. The van der Waals surface area contributed by atoms with E-state index in [1.54, 1.807) is 0 Å². The van der Waals surface area contributed by atoms with Crippen LogP contribution in [0.2, 0.25) is 0 Å². The zero-order valence-electron chi connectivity index (χ0n) is 13.2. The summed E-state index contributed by atoms with van der Waals surface area (Å²) in [6.07, 6.45) is 6.79. The normalized spacial score (nSPS) is 16.9. The average molecular weight is 277 g/mol. The molecular weight excluding hydrogens is 250 g/mol. The van der Waals surface area contributed by atoms with E-state index in [0.717, 1.165) is 31.3 Å². The maximum absolute atomic E-state index is 4.60. The Hall–Kier alpha value is -1.36. The van der Waals surface area contributed by atoms with Crippen molar-refractivity contribution in [1.29, 1.82) is 0 Å². The Morgan fingerprint density at radius 3 is 2.60 bits per heavy atom. The fourth-order valence-electron chi connectivity index (χ4n) is 2.74. The highest BCUT2D eigenvalue weighted by molar-refractivity contribution is 5.42. The van der Waals surface area contributed by atoms with Crippen LogP contribution < -0.4 is 10.2 Å². The van der Waals surface area contributed by atoms with Gasteiger partial charge in [-0.1, -0.05) is 6.92 Å². The Bertz CT molecular complexity index is 428. The monoisotopic (exact) mass is 277 g/mol. The molecule has 112 valence electrons. The molecule has 0 unspecified atom stereocenters. The van der Waals surface area contributed by atoms with Crippen molar-refractivity contribution in [3.8, 4) is 0 Å². The third-order valence-corrected chi connectivity index (χ3v) is 4.33. The smallest absolute Gasteiger partial charge is 0.224 e. The summed E-state index contributed by atoms with van der Waals surface area (Å²) < 4.78 is 0. The predicted molar refractivity (Wildman–Crippen MR) is 84.4 cm³/mol. The van der Waals surface area contributed by atoms with Gasteiger partial charge in [-0.2, -0.15) is 4.98 Å². The van der Waals surface area contributed by atoms with Gasteiger partial charge in [0.05, 0.1) is 0 Å². The maximum atomic E-state index is 4.60. The van der Waals surface area contributed by atoms with Crippen LogP contribution in [0.3, 0.4) is 0 Å². The summed E-state index contributed by atoms with van der Waals surface area (Å²) in [5, 5.41) is 3.24. The first-order valence-corrected chi connectivity index (χ1v) is 7.53. The largest absolute Gasteiger partial charge is 0.358 e. The minimum Gasteiger partial charge on any atom is -0.358 e. The number of nitrogens with zero attached hydrogens (tertiary/aromatic N) is 4. The molecule has 0 aromatic carbocycles. The van der Waals surface area contributed by atoms with E-state index >= 15 is 0 Å². The summed E-state index contributed by atoms with van der Waals surface area (Å²) in [7, 11) is 6.48. The van der Waals surface area contributed by atoms with Crippen molar-refractivity contribution < 1.29 is 0 Å². The van der Waals surface area contributed by atoms with Gasteiger partial charge < -0.3 is 15.1 Å². The van der Waals surface area contributed by atoms with E-state index < -0.39 is 0 Å². The van der Waals surface area contributed by atoms with E-state index in [1.807, 2.05) is 12.3 Å². The van der Waals surface area contributed by atoms with Gasteiger partial charge >= 0.3 is 0 Å². The molecule has 1 aromatic heterocycles. The van der Waals surface area contributed by atoms with Gasteiger partial charge in [-0.05, 0) is 45.8 Å². The van der Waals surface area contributed by atoms with Gasteiger partial charge in [0.25, 0.3) is 0 Å². The SMILES string of the molecule is CCCNc1nccc(N(C)CC2(N(C)C)CCC2)n1. The summed E-state index contributed by atoms with van der Waals surface area (Å²) in [6.45, 7) is 4.07. The number of likely N-dealkylation sites (N-methyl/N-ethyl adjacent to an activating group) is 2. The van der Waals surface area contributed by atoms with Crippen LogP contribution in [0.4, 0.5) is 11.8 Å². The Morgan fingerprint density at radius 1 is 1.30 bits per heavy atom. The van der Waals surface area contributed by atoms with Crippen molar-refractivity contribution in [1.82, 2.24) is 14.9 Å². The second kappa shape index (κ2) is 6.39.